The van der Waals surface area contributed by atoms with Gasteiger partial charge in [-0.2, -0.15) is 5.10 Å². The summed E-state index contributed by atoms with van der Waals surface area (Å²) in [5.41, 5.74) is 1.72. The van der Waals surface area contributed by atoms with Gasteiger partial charge in [-0.25, -0.2) is 9.37 Å². The fourth-order valence-electron chi connectivity index (χ4n) is 3.92. The van der Waals surface area contributed by atoms with Crippen LogP contribution in [0.15, 0.2) is 49.1 Å². The average molecular weight is 462 g/mol. The predicted octanol–water partition coefficient (Wildman–Crippen LogP) is 4.18. The first-order chi connectivity index (χ1) is 16.6. The predicted molar refractivity (Wildman–Crippen MR) is 124 cm³/mol. The first kappa shape index (κ1) is 21.7. The van der Waals surface area contributed by atoms with E-state index in [4.69, 9.17) is 4.74 Å². The van der Waals surface area contributed by atoms with Crippen molar-refractivity contribution in [2.45, 2.75) is 39.3 Å². The normalized spacial score (nSPS) is 13.9. The van der Waals surface area contributed by atoms with Crippen molar-refractivity contribution in [2.75, 3.05) is 11.9 Å². The molecule has 0 saturated carbocycles. The summed E-state index contributed by atoms with van der Waals surface area (Å²) in [6.07, 6.45) is 7.44. The van der Waals surface area contributed by atoms with Gasteiger partial charge in [-0.05, 0) is 37.5 Å². The molecular formula is C24H24FN7O2. The van der Waals surface area contributed by atoms with Gasteiger partial charge in [-0.15, -0.1) is 10.2 Å². The van der Waals surface area contributed by atoms with Crippen LogP contribution in [0.1, 0.15) is 36.5 Å². The van der Waals surface area contributed by atoms with Gasteiger partial charge in [-0.3, -0.25) is 9.48 Å². The maximum Gasteiger partial charge on any atom is 0.260 e. The number of halogens is 1. The summed E-state index contributed by atoms with van der Waals surface area (Å²) in [7, 11) is 0. The number of nitrogens with zero attached hydrogens (tertiary/aromatic N) is 6. The number of pyridine rings is 1. The number of hydrogen-bond acceptors (Lipinski definition) is 6. The van der Waals surface area contributed by atoms with Gasteiger partial charge < -0.3 is 14.6 Å². The standard InChI is InChI=1S/C24H24FN7O2/c1-2-8-32-14-16(13-27-32)17-11-18-21(12-19(17)25)34-10-4-3-9-31-15-26-30-23(31)20-6-5-7-22(28-20)29-24(18)33/h5-7,11-15H,2-4,8-10H2,1H3,(H,28,29,33). The molecular weight excluding hydrogens is 437 g/mol. The molecule has 4 aromatic rings. The molecule has 1 aromatic carbocycles. The van der Waals surface area contributed by atoms with Crippen LogP contribution in [-0.2, 0) is 13.1 Å². The van der Waals surface area contributed by atoms with Crippen molar-refractivity contribution in [2.24, 2.45) is 0 Å². The number of nitrogens with one attached hydrogen (secondary N) is 1. The van der Waals surface area contributed by atoms with E-state index in [1.807, 2.05) is 17.6 Å². The zero-order valence-electron chi connectivity index (χ0n) is 18.7. The van der Waals surface area contributed by atoms with Crippen LogP contribution in [0.3, 0.4) is 0 Å². The molecule has 1 aliphatic rings. The number of fused-ring (bicyclic) bond motifs is 5. The number of rotatable bonds is 3. The van der Waals surface area contributed by atoms with E-state index in [2.05, 4.69) is 25.6 Å². The Morgan fingerprint density at radius 1 is 1.21 bits per heavy atom. The van der Waals surface area contributed by atoms with Crippen LogP contribution in [0.2, 0.25) is 0 Å². The molecule has 0 saturated heterocycles. The maximum absolute atomic E-state index is 15.1. The van der Waals surface area contributed by atoms with Gasteiger partial charge in [0.15, 0.2) is 5.82 Å². The molecule has 174 valence electrons. The summed E-state index contributed by atoms with van der Waals surface area (Å²) in [5.74, 6) is 0.251. The fourth-order valence-corrected chi connectivity index (χ4v) is 3.92. The van der Waals surface area contributed by atoms with E-state index in [1.54, 1.807) is 35.5 Å². The molecule has 34 heavy (non-hydrogen) atoms. The molecule has 1 amide bonds. The summed E-state index contributed by atoms with van der Waals surface area (Å²) in [6, 6.07) is 8.08. The number of carbonyl (C=O) groups is 1. The summed E-state index contributed by atoms with van der Waals surface area (Å²) in [5, 5.41) is 15.3. The second-order valence-corrected chi connectivity index (χ2v) is 8.09. The van der Waals surface area contributed by atoms with Gasteiger partial charge >= 0.3 is 0 Å². The molecule has 0 unspecified atom stereocenters. The van der Waals surface area contributed by atoms with E-state index >= 15 is 4.39 Å². The van der Waals surface area contributed by atoms with E-state index in [1.165, 1.54) is 12.1 Å². The number of hydrogen-bond donors (Lipinski definition) is 1. The SMILES string of the molecule is CCCn1cc(-c2cc3c(cc2F)OCCCCn2cnnc2-c2cccc(n2)NC3=O)cn1. The second-order valence-electron chi connectivity index (χ2n) is 8.09. The Bertz CT molecular complexity index is 1330. The summed E-state index contributed by atoms with van der Waals surface area (Å²) < 4.78 is 24.6. The third-order valence-electron chi connectivity index (χ3n) is 5.60. The molecule has 1 aliphatic heterocycles. The topological polar surface area (TPSA) is 99.8 Å². The molecule has 0 atom stereocenters. The zero-order valence-corrected chi connectivity index (χ0v) is 18.7. The van der Waals surface area contributed by atoms with Gasteiger partial charge in [0.05, 0.1) is 18.4 Å². The van der Waals surface area contributed by atoms with Gasteiger partial charge in [0.2, 0.25) is 0 Å². The van der Waals surface area contributed by atoms with E-state index in [-0.39, 0.29) is 16.9 Å². The number of amides is 1. The van der Waals surface area contributed by atoms with Crippen molar-refractivity contribution in [1.82, 2.24) is 29.5 Å². The van der Waals surface area contributed by atoms with Crippen LogP contribution < -0.4 is 10.1 Å². The summed E-state index contributed by atoms with van der Waals surface area (Å²) in [6.45, 7) is 3.80. The molecule has 5 rings (SSSR count). The summed E-state index contributed by atoms with van der Waals surface area (Å²) in [4.78, 5) is 17.8. The molecule has 1 N–H and O–H groups in total. The lowest BCUT2D eigenvalue weighted by atomic mass is 10.0. The highest BCUT2D eigenvalue weighted by molar-refractivity contribution is 6.06. The number of benzene rings is 1. The molecule has 3 aromatic heterocycles. The Morgan fingerprint density at radius 2 is 2.12 bits per heavy atom. The number of carbonyl (C=O) groups excluding carboxylic acids is 1. The van der Waals surface area contributed by atoms with Crippen molar-refractivity contribution in [3.05, 3.63) is 60.4 Å². The highest BCUT2D eigenvalue weighted by Gasteiger charge is 2.20. The maximum atomic E-state index is 15.1. The zero-order chi connectivity index (χ0) is 23.5. The van der Waals surface area contributed by atoms with Crippen LogP contribution in [0.4, 0.5) is 10.2 Å². The molecule has 0 fully saturated rings. The Hall–Kier alpha value is -4.08. The molecule has 0 aliphatic carbocycles. The van der Waals surface area contributed by atoms with Crippen molar-refractivity contribution < 1.29 is 13.9 Å². The Kier molecular flexibility index (Phi) is 6.03. The minimum atomic E-state index is -0.474. The lowest BCUT2D eigenvalue weighted by Crippen LogP contribution is -2.16. The Balaban J connectivity index is 1.54. The lowest BCUT2D eigenvalue weighted by Gasteiger charge is -2.15. The largest absolute Gasteiger partial charge is 0.493 e. The highest BCUT2D eigenvalue weighted by Crippen LogP contribution is 2.31. The van der Waals surface area contributed by atoms with E-state index in [9.17, 15) is 4.79 Å². The van der Waals surface area contributed by atoms with Crippen molar-refractivity contribution >= 4 is 11.7 Å². The number of ether oxygens (including phenoxy) is 1. The van der Waals surface area contributed by atoms with Crippen molar-refractivity contribution in [3.8, 4) is 28.4 Å². The summed E-state index contributed by atoms with van der Waals surface area (Å²) >= 11 is 0. The number of aromatic nitrogens is 6. The first-order valence-electron chi connectivity index (χ1n) is 11.3. The van der Waals surface area contributed by atoms with Gasteiger partial charge in [0.25, 0.3) is 5.91 Å². The Labute approximate surface area is 195 Å². The molecule has 9 nitrogen and oxygen atoms in total. The second kappa shape index (κ2) is 9.42. The van der Waals surface area contributed by atoms with Crippen LogP contribution in [0.25, 0.3) is 22.6 Å². The van der Waals surface area contributed by atoms with Crippen molar-refractivity contribution in [3.63, 3.8) is 0 Å². The van der Waals surface area contributed by atoms with E-state index in [0.717, 1.165) is 19.4 Å². The smallest absolute Gasteiger partial charge is 0.260 e. The minimum Gasteiger partial charge on any atom is -0.493 e. The van der Waals surface area contributed by atoms with Crippen LogP contribution >= 0.6 is 0 Å². The third-order valence-corrected chi connectivity index (χ3v) is 5.60. The quantitative estimate of drug-likeness (QED) is 0.491. The fraction of sp³-hybridized carbons (Fsp3) is 0.292. The Morgan fingerprint density at radius 3 is 3.00 bits per heavy atom. The monoisotopic (exact) mass is 461 g/mol. The van der Waals surface area contributed by atoms with Crippen LogP contribution in [0, 0.1) is 5.82 Å². The van der Waals surface area contributed by atoms with E-state index < -0.39 is 11.7 Å². The van der Waals surface area contributed by atoms with Gasteiger partial charge in [0.1, 0.15) is 29.4 Å². The average Bonchev–Trinajstić information content (AvgIpc) is 3.48. The number of anilines is 1. The minimum absolute atomic E-state index is 0.193. The van der Waals surface area contributed by atoms with Crippen molar-refractivity contribution in [1.29, 1.82) is 0 Å². The van der Waals surface area contributed by atoms with Crippen LogP contribution in [-0.4, -0.2) is 42.0 Å². The van der Waals surface area contributed by atoms with Crippen LogP contribution in [0.5, 0.6) is 5.75 Å². The number of aryl methyl sites for hydroxylation is 2. The van der Waals surface area contributed by atoms with Gasteiger partial charge in [0, 0.05) is 36.5 Å². The molecule has 0 radical (unpaired) electrons. The molecule has 2 bridgehead atoms. The molecule has 0 spiro atoms. The third kappa shape index (κ3) is 4.39. The van der Waals surface area contributed by atoms with E-state index in [0.29, 0.717) is 42.5 Å². The molecule has 10 heteroatoms. The molecule has 4 heterocycles. The first-order valence-corrected chi connectivity index (χ1v) is 11.3. The highest BCUT2D eigenvalue weighted by atomic mass is 19.1. The lowest BCUT2D eigenvalue weighted by molar-refractivity contribution is 0.102. The van der Waals surface area contributed by atoms with Gasteiger partial charge in [-0.1, -0.05) is 13.0 Å².